The molecule has 0 bridgehead atoms. The zero-order chi connectivity index (χ0) is 17.5. The molecule has 1 heteroatoms. The van der Waals surface area contributed by atoms with Gasteiger partial charge in [-0.15, -0.1) is 0 Å². The highest BCUT2D eigenvalue weighted by Gasteiger charge is 2.01. The van der Waals surface area contributed by atoms with E-state index in [0.717, 1.165) is 37.1 Å². The van der Waals surface area contributed by atoms with Gasteiger partial charge in [0.25, 0.3) is 0 Å². The summed E-state index contributed by atoms with van der Waals surface area (Å²) in [4.78, 5) is 0. The van der Waals surface area contributed by atoms with E-state index in [1.54, 1.807) is 0 Å². The first-order valence-electron chi connectivity index (χ1n) is 9.13. The third-order valence-corrected chi connectivity index (χ3v) is 5.17. The van der Waals surface area contributed by atoms with E-state index in [0.29, 0.717) is 0 Å². The molecular formula is C24H25Cl. The Kier molecular flexibility index (Phi) is 6.30. The van der Waals surface area contributed by atoms with Gasteiger partial charge in [-0.3, -0.25) is 0 Å². The minimum absolute atomic E-state index is 0.869. The minimum atomic E-state index is 0.869. The predicted octanol–water partition coefficient (Wildman–Crippen LogP) is 6.47. The molecule has 3 rings (SSSR count). The lowest BCUT2D eigenvalue weighted by atomic mass is 10.00. The molecule has 0 N–H and O–H groups in total. The van der Waals surface area contributed by atoms with Crippen LogP contribution in [0.1, 0.15) is 34.7 Å². The van der Waals surface area contributed by atoms with Crippen molar-refractivity contribution < 1.29 is 0 Å². The van der Waals surface area contributed by atoms with Crippen molar-refractivity contribution in [3.8, 4) is 0 Å². The van der Waals surface area contributed by atoms with Gasteiger partial charge in [0.05, 0.1) is 0 Å². The van der Waals surface area contributed by atoms with Gasteiger partial charge in [0.15, 0.2) is 0 Å². The van der Waals surface area contributed by atoms with Gasteiger partial charge in [-0.05, 0) is 66.0 Å². The van der Waals surface area contributed by atoms with Crippen LogP contribution in [0, 0.1) is 0 Å². The molecule has 0 nitrogen and oxygen atoms in total. The highest BCUT2D eigenvalue weighted by molar-refractivity contribution is 6.31. The summed E-state index contributed by atoms with van der Waals surface area (Å²) in [6.07, 6.45) is 5.32. The van der Waals surface area contributed by atoms with Gasteiger partial charge in [0, 0.05) is 5.02 Å². The van der Waals surface area contributed by atoms with Crippen LogP contribution in [0.15, 0.2) is 72.8 Å². The molecule has 0 aliphatic heterocycles. The minimum Gasteiger partial charge on any atom is -0.0840 e. The molecule has 0 atom stereocenters. The molecule has 0 aliphatic rings. The second-order valence-corrected chi connectivity index (χ2v) is 6.99. The van der Waals surface area contributed by atoms with Crippen molar-refractivity contribution in [3.05, 3.63) is 106 Å². The molecule has 128 valence electrons. The first-order valence-corrected chi connectivity index (χ1v) is 9.51. The number of hydrogen-bond acceptors (Lipinski definition) is 0. The number of hydrogen-bond donors (Lipinski definition) is 0. The standard InChI is InChI=1S/C24H25Cl/c1-2-19-7-9-20(10-8-19)11-12-21-13-15-22(16-14-21)17-18-23-5-3-4-6-24(23)25/h3-10,13-16H,2,11-12,17-18H2,1H3. The van der Waals surface area contributed by atoms with Crippen molar-refractivity contribution in [1.82, 2.24) is 0 Å². The molecule has 0 heterocycles. The molecular weight excluding hydrogens is 324 g/mol. The Morgan fingerprint density at radius 1 is 0.560 bits per heavy atom. The molecule has 3 aromatic rings. The van der Waals surface area contributed by atoms with Crippen LogP contribution < -0.4 is 0 Å². The van der Waals surface area contributed by atoms with Gasteiger partial charge in [-0.2, -0.15) is 0 Å². The van der Waals surface area contributed by atoms with Crippen molar-refractivity contribution in [1.29, 1.82) is 0 Å². The number of rotatable bonds is 7. The summed E-state index contributed by atoms with van der Waals surface area (Å²) in [6.45, 7) is 2.20. The SMILES string of the molecule is CCc1ccc(CCc2ccc(CCc3ccccc3Cl)cc2)cc1. The quantitative estimate of drug-likeness (QED) is 0.458. The van der Waals surface area contributed by atoms with E-state index >= 15 is 0 Å². The van der Waals surface area contributed by atoms with Crippen LogP contribution in [-0.2, 0) is 32.1 Å². The van der Waals surface area contributed by atoms with Crippen molar-refractivity contribution >= 4 is 11.6 Å². The van der Waals surface area contributed by atoms with Crippen LogP contribution in [-0.4, -0.2) is 0 Å². The van der Waals surface area contributed by atoms with Crippen molar-refractivity contribution in [2.75, 3.05) is 0 Å². The van der Waals surface area contributed by atoms with Crippen molar-refractivity contribution in [2.24, 2.45) is 0 Å². The van der Waals surface area contributed by atoms with Crippen LogP contribution in [0.3, 0.4) is 0 Å². The van der Waals surface area contributed by atoms with Gasteiger partial charge < -0.3 is 0 Å². The topological polar surface area (TPSA) is 0 Å². The number of aryl methyl sites for hydroxylation is 5. The molecule has 0 unspecified atom stereocenters. The predicted molar refractivity (Wildman–Crippen MR) is 109 cm³/mol. The summed E-state index contributed by atoms with van der Waals surface area (Å²) >= 11 is 6.23. The molecule has 0 saturated heterocycles. The summed E-state index contributed by atoms with van der Waals surface area (Å²) in [5, 5.41) is 0.869. The number of halogens is 1. The molecule has 25 heavy (non-hydrogen) atoms. The number of benzene rings is 3. The van der Waals surface area contributed by atoms with E-state index in [1.807, 2.05) is 12.1 Å². The summed E-state index contributed by atoms with van der Waals surface area (Å²) in [6, 6.07) is 26.2. The molecule has 0 radical (unpaired) electrons. The lowest BCUT2D eigenvalue weighted by molar-refractivity contribution is 0.939. The highest BCUT2D eigenvalue weighted by Crippen LogP contribution is 2.18. The molecule has 0 spiro atoms. The molecule has 0 amide bonds. The maximum Gasteiger partial charge on any atom is 0.0438 e. The maximum absolute atomic E-state index is 6.23. The van der Waals surface area contributed by atoms with Crippen molar-refractivity contribution in [3.63, 3.8) is 0 Å². The van der Waals surface area contributed by atoms with Gasteiger partial charge in [-0.1, -0.05) is 85.3 Å². The van der Waals surface area contributed by atoms with Crippen molar-refractivity contribution in [2.45, 2.75) is 39.0 Å². The Labute approximate surface area is 156 Å². The third kappa shape index (κ3) is 5.21. The Hall–Kier alpha value is -2.05. The first kappa shape index (κ1) is 17.8. The Morgan fingerprint density at radius 2 is 1.00 bits per heavy atom. The zero-order valence-corrected chi connectivity index (χ0v) is 15.6. The third-order valence-electron chi connectivity index (χ3n) is 4.80. The van der Waals surface area contributed by atoms with Crippen LogP contribution in [0.25, 0.3) is 0 Å². The van der Waals surface area contributed by atoms with Crippen LogP contribution >= 0.6 is 11.6 Å². The molecule has 0 fully saturated rings. The zero-order valence-electron chi connectivity index (χ0n) is 14.8. The summed E-state index contributed by atoms with van der Waals surface area (Å²) < 4.78 is 0. The van der Waals surface area contributed by atoms with E-state index in [1.165, 1.54) is 27.8 Å². The van der Waals surface area contributed by atoms with E-state index < -0.39 is 0 Å². The summed E-state index contributed by atoms with van der Waals surface area (Å²) in [7, 11) is 0. The van der Waals surface area contributed by atoms with Crippen LogP contribution in [0.5, 0.6) is 0 Å². The van der Waals surface area contributed by atoms with E-state index in [9.17, 15) is 0 Å². The van der Waals surface area contributed by atoms with Gasteiger partial charge >= 0.3 is 0 Å². The fraction of sp³-hybridized carbons (Fsp3) is 0.250. The Balaban J connectivity index is 1.52. The fourth-order valence-corrected chi connectivity index (χ4v) is 3.31. The largest absolute Gasteiger partial charge is 0.0840 e. The van der Waals surface area contributed by atoms with Gasteiger partial charge in [-0.25, -0.2) is 0 Å². The summed E-state index contributed by atoms with van der Waals surface area (Å²) in [5.74, 6) is 0. The monoisotopic (exact) mass is 348 g/mol. The Bertz CT molecular complexity index is 785. The van der Waals surface area contributed by atoms with Crippen LogP contribution in [0.2, 0.25) is 5.02 Å². The average Bonchev–Trinajstić information content (AvgIpc) is 2.67. The van der Waals surface area contributed by atoms with E-state index in [-0.39, 0.29) is 0 Å². The normalized spacial score (nSPS) is 10.8. The fourth-order valence-electron chi connectivity index (χ4n) is 3.08. The second kappa shape index (κ2) is 8.87. The van der Waals surface area contributed by atoms with Crippen LogP contribution in [0.4, 0.5) is 0 Å². The van der Waals surface area contributed by atoms with E-state index in [2.05, 4.69) is 67.6 Å². The molecule has 0 saturated carbocycles. The van der Waals surface area contributed by atoms with E-state index in [4.69, 9.17) is 11.6 Å². The molecule has 3 aromatic carbocycles. The lowest BCUT2D eigenvalue weighted by Gasteiger charge is -2.07. The summed E-state index contributed by atoms with van der Waals surface area (Å²) in [5.41, 5.74) is 6.83. The Morgan fingerprint density at radius 3 is 1.48 bits per heavy atom. The smallest absolute Gasteiger partial charge is 0.0438 e. The lowest BCUT2D eigenvalue weighted by Crippen LogP contribution is -1.95. The van der Waals surface area contributed by atoms with Gasteiger partial charge in [0.2, 0.25) is 0 Å². The maximum atomic E-state index is 6.23. The molecule has 0 aromatic heterocycles. The average molecular weight is 349 g/mol. The van der Waals surface area contributed by atoms with Gasteiger partial charge in [0.1, 0.15) is 0 Å². The molecule has 0 aliphatic carbocycles. The second-order valence-electron chi connectivity index (χ2n) is 6.58. The highest BCUT2D eigenvalue weighted by atomic mass is 35.5. The first-order chi connectivity index (χ1) is 12.2.